The molecule has 7 rings (SSSR count). The normalized spacial score (nSPS) is 11.6. The maximum atomic E-state index is 13.8. The van der Waals surface area contributed by atoms with E-state index in [1.54, 1.807) is 30.5 Å². The number of fused-ring (bicyclic) bond motifs is 3. The topological polar surface area (TPSA) is 72.9 Å². The van der Waals surface area contributed by atoms with E-state index in [1.165, 1.54) is 4.68 Å². The van der Waals surface area contributed by atoms with Crippen molar-refractivity contribution in [2.75, 3.05) is 19.0 Å². The molecule has 0 unspecified atom stereocenters. The third-order valence-corrected chi connectivity index (χ3v) is 7.78. The summed E-state index contributed by atoms with van der Waals surface area (Å²) in [6, 6.07) is 34.7. The molecular formula is C36H27ClN4O3. The Kier molecular flexibility index (Phi) is 7.08. The standard InChI is InChI=1S/C36H27ClN4O3/c1-40(2)28-16-14-24(33(20-28)43-22-25-10-7-9-23-8-3-4-11-29(23)25)21-38-41-35(39-31-13-6-5-12-30(31)36(41)42)34-19-26-18-27(37)15-17-32(26)44-34/h3-21H,22H2,1-2H3. The zero-order valence-electron chi connectivity index (χ0n) is 24.1. The van der Waals surface area contributed by atoms with Crippen LogP contribution in [-0.4, -0.2) is 30.0 Å². The van der Waals surface area contributed by atoms with Gasteiger partial charge >= 0.3 is 0 Å². The lowest BCUT2D eigenvalue weighted by Crippen LogP contribution is -2.20. The summed E-state index contributed by atoms with van der Waals surface area (Å²) in [5.41, 5.74) is 3.61. The molecule has 216 valence electrons. The molecule has 0 amide bonds. The average Bonchev–Trinajstić information content (AvgIpc) is 3.46. The highest BCUT2D eigenvalue weighted by Gasteiger charge is 2.17. The Morgan fingerprint density at radius 1 is 0.886 bits per heavy atom. The number of ether oxygens (including phenoxy) is 1. The molecule has 0 fully saturated rings. The molecular weight excluding hydrogens is 572 g/mol. The Hall–Kier alpha value is -5.40. The van der Waals surface area contributed by atoms with Gasteiger partial charge in [-0.2, -0.15) is 9.78 Å². The fourth-order valence-corrected chi connectivity index (χ4v) is 5.42. The van der Waals surface area contributed by atoms with Gasteiger partial charge in [-0.25, -0.2) is 4.98 Å². The third kappa shape index (κ3) is 5.18. The monoisotopic (exact) mass is 598 g/mol. The van der Waals surface area contributed by atoms with Crippen LogP contribution in [0.25, 0.3) is 44.2 Å². The average molecular weight is 599 g/mol. The zero-order valence-corrected chi connectivity index (χ0v) is 24.8. The van der Waals surface area contributed by atoms with Gasteiger partial charge in [0.05, 0.1) is 17.1 Å². The van der Waals surface area contributed by atoms with Gasteiger partial charge in [0.1, 0.15) is 17.9 Å². The Morgan fingerprint density at radius 2 is 1.68 bits per heavy atom. The van der Waals surface area contributed by atoms with E-state index in [9.17, 15) is 4.79 Å². The highest BCUT2D eigenvalue weighted by molar-refractivity contribution is 6.31. The number of benzene rings is 5. The van der Waals surface area contributed by atoms with Crippen LogP contribution in [0.15, 0.2) is 124 Å². The van der Waals surface area contributed by atoms with Crippen molar-refractivity contribution in [3.63, 3.8) is 0 Å². The summed E-state index contributed by atoms with van der Waals surface area (Å²) < 4.78 is 13.8. The number of furan rings is 1. The lowest BCUT2D eigenvalue weighted by atomic mass is 10.1. The lowest BCUT2D eigenvalue weighted by molar-refractivity contribution is 0.307. The third-order valence-electron chi connectivity index (χ3n) is 7.54. The van der Waals surface area contributed by atoms with Crippen LogP contribution in [0.4, 0.5) is 5.69 Å². The molecule has 0 bridgehead atoms. The first-order valence-electron chi connectivity index (χ1n) is 14.1. The van der Waals surface area contributed by atoms with Crippen molar-refractivity contribution in [1.82, 2.24) is 9.66 Å². The Labute approximate surface area is 258 Å². The highest BCUT2D eigenvalue weighted by atomic mass is 35.5. The predicted molar refractivity (Wildman–Crippen MR) is 178 cm³/mol. The molecule has 0 N–H and O–H groups in total. The molecule has 0 aliphatic heterocycles. The van der Waals surface area contributed by atoms with Crippen LogP contribution in [0.2, 0.25) is 5.02 Å². The van der Waals surface area contributed by atoms with Crippen molar-refractivity contribution in [2.45, 2.75) is 6.61 Å². The van der Waals surface area contributed by atoms with Crippen molar-refractivity contribution < 1.29 is 9.15 Å². The van der Waals surface area contributed by atoms with E-state index >= 15 is 0 Å². The van der Waals surface area contributed by atoms with E-state index in [0.717, 1.165) is 27.4 Å². The fourth-order valence-electron chi connectivity index (χ4n) is 5.24. The molecule has 0 aliphatic rings. The summed E-state index contributed by atoms with van der Waals surface area (Å²) in [4.78, 5) is 20.6. The van der Waals surface area contributed by atoms with Crippen LogP contribution in [0, 0.1) is 0 Å². The molecule has 0 spiro atoms. The first-order chi connectivity index (χ1) is 21.4. The first kappa shape index (κ1) is 27.4. The zero-order chi connectivity index (χ0) is 30.2. The number of nitrogens with zero attached hydrogens (tertiary/aromatic N) is 4. The Morgan fingerprint density at radius 3 is 2.55 bits per heavy atom. The summed E-state index contributed by atoms with van der Waals surface area (Å²) >= 11 is 6.21. The van der Waals surface area contributed by atoms with Crippen molar-refractivity contribution in [3.05, 3.63) is 136 Å². The number of rotatable bonds is 7. The minimum Gasteiger partial charge on any atom is -0.488 e. The number of hydrogen-bond donors (Lipinski definition) is 0. The first-order valence-corrected chi connectivity index (χ1v) is 14.5. The van der Waals surface area contributed by atoms with Gasteiger partial charge < -0.3 is 14.1 Å². The van der Waals surface area contributed by atoms with Crippen LogP contribution in [0.5, 0.6) is 5.75 Å². The number of halogens is 1. The highest BCUT2D eigenvalue weighted by Crippen LogP contribution is 2.30. The lowest BCUT2D eigenvalue weighted by Gasteiger charge is -2.16. The van der Waals surface area contributed by atoms with Gasteiger partial charge in [0.2, 0.25) is 5.82 Å². The molecule has 0 saturated heterocycles. The van der Waals surface area contributed by atoms with Crippen molar-refractivity contribution in [1.29, 1.82) is 0 Å². The summed E-state index contributed by atoms with van der Waals surface area (Å²) in [6.07, 6.45) is 1.62. The molecule has 8 heteroatoms. The Bertz CT molecular complexity index is 2260. The van der Waals surface area contributed by atoms with E-state index in [2.05, 4.69) is 29.4 Å². The minimum atomic E-state index is -0.316. The summed E-state index contributed by atoms with van der Waals surface area (Å²) in [5.74, 6) is 1.31. The van der Waals surface area contributed by atoms with Gasteiger partial charge in [0.25, 0.3) is 5.56 Å². The van der Waals surface area contributed by atoms with Crippen LogP contribution in [0.1, 0.15) is 11.1 Å². The second-order valence-corrected chi connectivity index (χ2v) is 11.1. The van der Waals surface area contributed by atoms with Crippen molar-refractivity contribution in [2.24, 2.45) is 5.10 Å². The fraction of sp³-hybridized carbons (Fsp3) is 0.0833. The molecule has 0 aliphatic carbocycles. The van der Waals surface area contributed by atoms with Gasteiger partial charge in [0.15, 0.2) is 5.76 Å². The van der Waals surface area contributed by atoms with E-state index in [-0.39, 0.29) is 11.4 Å². The van der Waals surface area contributed by atoms with E-state index in [4.69, 9.17) is 25.7 Å². The minimum absolute atomic E-state index is 0.278. The van der Waals surface area contributed by atoms with Gasteiger partial charge in [-0.15, -0.1) is 0 Å². The van der Waals surface area contributed by atoms with E-state index in [1.807, 2.05) is 79.7 Å². The summed E-state index contributed by atoms with van der Waals surface area (Å²) in [6.45, 7) is 0.364. The van der Waals surface area contributed by atoms with E-state index in [0.29, 0.717) is 45.2 Å². The molecule has 5 aromatic carbocycles. The second kappa shape index (κ2) is 11.4. The van der Waals surface area contributed by atoms with Gasteiger partial charge in [-0.05, 0) is 64.9 Å². The summed E-state index contributed by atoms with van der Waals surface area (Å²) in [7, 11) is 3.95. The van der Waals surface area contributed by atoms with Crippen LogP contribution in [0.3, 0.4) is 0 Å². The number of aromatic nitrogens is 2. The van der Waals surface area contributed by atoms with Gasteiger partial charge in [-0.3, -0.25) is 4.79 Å². The predicted octanol–water partition coefficient (Wildman–Crippen LogP) is 8.14. The molecule has 0 atom stereocenters. The molecule has 7 nitrogen and oxygen atoms in total. The van der Waals surface area contributed by atoms with Crippen molar-refractivity contribution in [3.8, 4) is 17.3 Å². The number of hydrogen-bond acceptors (Lipinski definition) is 6. The summed E-state index contributed by atoms with van der Waals surface area (Å²) in [5, 5.41) is 8.79. The molecule has 2 aromatic heterocycles. The molecule has 2 heterocycles. The smallest absolute Gasteiger partial charge is 0.282 e. The number of para-hydroxylation sites is 1. The maximum absolute atomic E-state index is 13.8. The molecule has 7 aromatic rings. The van der Waals surface area contributed by atoms with Crippen LogP contribution in [-0.2, 0) is 6.61 Å². The van der Waals surface area contributed by atoms with Gasteiger partial charge in [-0.1, -0.05) is 66.2 Å². The van der Waals surface area contributed by atoms with Gasteiger partial charge in [0, 0.05) is 41.8 Å². The number of anilines is 1. The Balaban J connectivity index is 1.32. The van der Waals surface area contributed by atoms with Crippen LogP contribution < -0.4 is 15.2 Å². The molecule has 0 saturated carbocycles. The second-order valence-electron chi connectivity index (χ2n) is 10.7. The van der Waals surface area contributed by atoms with Crippen LogP contribution >= 0.6 is 11.6 Å². The van der Waals surface area contributed by atoms with Crippen molar-refractivity contribution >= 4 is 56.1 Å². The quantitative estimate of drug-likeness (QED) is 0.173. The SMILES string of the molecule is CN(C)c1ccc(C=Nn2c(-c3cc4cc(Cl)ccc4o3)nc3ccccc3c2=O)c(OCc2cccc3ccccc23)c1. The van der Waals surface area contributed by atoms with E-state index < -0.39 is 0 Å². The largest absolute Gasteiger partial charge is 0.488 e. The molecule has 0 radical (unpaired) electrons. The molecule has 44 heavy (non-hydrogen) atoms. The maximum Gasteiger partial charge on any atom is 0.282 e.